The number of aromatic nitrogens is 2. The van der Waals surface area contributed by atoms with E-state index in [4.69, 9.17) is 28.3 Å². The summed E-state index contributed by atoms with van der Waals surface area (Å²) in [6.45, 7) is 0.683. The van der Waals surface area contributed by atoms with Gasteiger partial charge in [0.15, 0.2) is 0 Å². The van der Waals surface area contributed by atoms with E-state index in [-0.39, 0.29) is 0 Å². The van der Waals surface area contributed by atoms with Gasteiger partial charge < -0.3 is 0 Å². The largest absolute Gasteiger partial charge is 0.249 e. The molecule has 0 amide bonds. The highest BCUT2D eigenvalue weighted by molar-refractivity contribution is 9.10. The van der Waals surface area contributed by atoms with Crippen molar-refractivity contribution in [3.63, 3.8) is 0 Å². The zero-order valence-electron chi connectivity index (χ0n) is 11.7. The van der Waals surface area contributed by atoms with E-state index in [1.165, 1.54) is 31.2 Å². The van der Waals surface area contributed by atoms with Gasteiger partial charge in [-0.2, -0.15) is 5.10 Å². The van der Waals surface area contributed by atoms with Crippen LogP contribution in [0.15, 0.2) is 28.7 Å². The third-order valence-electron chi connectivity index (χ3n) is 4.13. The molecule has 0 N–H and O–H groups in total. The lowest BCUT2D eigenvalue weighted by atomic mass is 10.0. The third kappa shape index (κ3) is 3.30. The van der Waals surface area contributed by atoms with Crippen LogP contribution in [0.4, 0.5) is 0 Å². The van der Waals surface area contributed by atoms with E-state index in [2.05, 4.69) is 28.1 Å². The first-order valence-corrected chi connectivity index (χ1v) is 8.95. The van der Waals surface area contributed by atoms with Crippen LogP contribution in [-0.4, -0.2) is 9.78 Å². The van der Waals surface area contributed by atoms with Crippen molar-refractivity contribution < 1.29 is 0 Å². The first-order chi connectivity index (χ1) is 10.2. The number of nitrogens with zero attached hydrogens (tertiary/aromatic N) is 2. The molecule has 112 valence electrons. The molecular formula is C16H17BrCl2N2. The predicted octanol–water partition coefficient (Wildman–Crippen LogP) is 5.74. The summed E-state index contributed by atoms with van der Waals surface area (Å²) in [5.41, 5.74) is 3.31. The van der Waals surface area contributed by atoms with Gasteiger partial charge in [-0.15, -0.1) is 11.6 Å². The van der Waals surface area contributed by atoms with Crippen molar-refractivity contribution in [3.05, 3.63) is 50.7 Å². The Balaban J connectivity index is 1.89. The average Bonchev–Trinajstić information content (AvgIpc) is 3.10. The number of hydrogen-bond acceptors (Lipinski definition) is 1. The highest BCUT2D eigenvalue weighted by Crippen LogP contribution is 2.38. The van der Waals surface area contributed by atoms with Gasteiger partial charge in [0.2, 0.25) is 0 Å². The summed E-state index contributed by atoms with van der Waals surface area (Å²) in [7, 11) is 0. The molecule has 0 radical (unpaired) electrons. The van der Waals surface area contributed by atoms with Crippen LogP contribution < -0.4 is 0 Å². The van der Waals surface area contributed by atoms with Gasteiger partial charge in [0.05, 0.1) is 18.1 Å². The summed E-state index contributed by atoms with van der Waals surface area (Å²) in [4.78, 5) is 0. The molecule has 0 unspecified atom stereocenters. The van der Waals surface area contributed by atoms with Crippen LogP contribution in [-0.2, 0) is 12.4 Å². The fourth-order valence-corrected chi connectivity index (χ4v) is 3.87. The minimum Gasteiger partial charge on any atom is -0.249 e. The van der Waals surface area contributed by atoms with E-state index in [0.29, 0.717) is 23.5 Å². The normalized spacial score (nSPS) is 15.8. The van der Waals surface area contributed by atoms with Gasteiger partial charge >= 0.3 is 0 Å². The lowest BCUT2D eigenvalue weighted by Gasteiger charge is -2.06. The second-order valence-corrected chi connectivity index (χ2v) is 7.09. The fourth-order valence-electron chi connectivity index (χ4n) is 3.01. The van der Waals surface area contributed by atoms with E-state index in [1.807, 2.05) is 16.8 Å². The maximum atomic E-state index is 6.50. The van der Waals surface area contributed by atoms with Crippen LogP contribution in [0.5, 0.6) is 0 Å². The highest BCUT2D eigenvalue weighted by Gasteiger charge is 2.25. The Labute approximate surface area is 143 Å². The van der Waals surface area contributed by atoms with E-state index >= 15 is 0 Å². The zero-order chi connectivity index (χ0) is 14.8. The number of rotatable bonds is 4. The van der Waals surface area contributed by atoms with Crippen molar-refractivity contribution >= 4 is 39.1 Å². The van der Waals surface area contributed by atoms with Crippen LogP contribution in [0.3, 0.4) is 0 Å². The first kappa shape index (κ1) is 15.4. The summed E-state index contributed by atoms with van der Waals surface area (Å²) in [5.74, 6) is 0.966. The molecule has 2 aromatic rings. The second-order valence-electron chi connectivity index (χ2n) is 5.55. The maximum absolute atomic E-state index is 6.50. The SMILES string of the molecule is ClCc1c(C2CCCC2)nn(Cc2ccc(Br)cc2)c1Cl. The van der Waals surface area contributed by atoms with Crippen LogP contribution in [0.2, 0.25) is 5.15 Å². The van der Waals surface area contributed by atoms with Gasteiger partial charge in [-0.05, 0) is 30.5 Å². The molecule has 1 saturated carbocycles. The molecule has 0 aliphatic heterocycles. The standard InChI is InChI=1S/C16H17BrCl2N2/c17-13-7-5-11(6-8-13)10-21-16(19)14(9-18)15(20-21)12-3-1-2-4-12/h5-8,12H,1-4,9-10H2. The van der Waals surface area contributed by atoms with E-state index in [1.54, 1.807) is 0 Å². The van der Waals surface area contributed by atoms with E-state index in [9.17, 15) is 0 Å². The Morgan fingerprint density at radius 3 is 2.48 bits per heavy atom. The molecule has 0 spiro atoms. The van der Waals surface area contributed by atoms with Crippen LogP contribution in [0, 0.1) is 0 Å². The Kier molecular flexibility index (Phi) is 4.92. The molecule has 3 rings (SSSR count). The molecule has 0 bridgehead atoms. The molecule has 1 heterocycles. The smallest absolute Gasteiger partial charge is 0.132 e. The molecule has 2 nitrogen and oxygen atoms in total. The van der Waals surface area contributed by atoms with Gasteiger partial charge in [-0.25, -0.2) is 4.68 Å². The Morgan fingerprint density at radius 2 is 1.86 bits per heavy atom. The molecule has 0 atom stereocenters. The van der Waals surface area contributed by atoms with Crippen molar-refractivity contribution in [3.8, 4) is 0 Å². The quantitative estimate of drug-likeness (QED) is 0.611. The van der Waals surface area contributed by atoms with Gasteiger partial charge in [-0.3, -0.25) is 0 Å². The first-order valence-electron chi connectivity index (χ1n) is 7.24. The topological polar surface area (TPSA) is 17.8 Å². The highest BCUT2D eigenvalue weighted by atomic mass is 79.9. The molecule has 5 heteroatoms. The lowest BCUT2D eigenvalue weighted by molar-refractivity contribution is 0.628. The maximum Gasteiger partial charge on any atom is 0.132 e. The summed E-state index contributed by atoms with van der Waals surface area (Å²) in [5, 5.41) is 5.46. The summed E-state index contributed by atoms with van der Waals surface area (Å²) < 4.78 is 2.96. The predicted molar refractivity (Wildman–Crippen MR) is 91.2 cm³/mol. The van der Waals surface area contributed by atoms with Crippen molar-refractivity contribution in [2.45, 2.75) is 44.0 Å². The summed E-state index contributed by atoms with van der Waals surface area (Å²) in [6, 6.07) is 8.23. The molecule has 1 fully saturated rings. The minimum absolute atomic E-state index is 0.436. The van der Waals surface area contributed by atoms with Crippen molar-refractivity contribution in [1.29, 1.82) is 0 Å². The number of benzene rings is 1. The molecular weight excluding hydrogens is 371 g/mol. The average molecular weight is 388 g/mol. The number of alkyl halides is 1. The number of halogens is 3. The fraction of sp³-hybridized carbons (Fsp3) is 0.438. The summed E-state index contributed by atoms with van der Waals surface area (Å²) >= 11 is 16.1. The Hall–Kier alpha value is -0.510. The molecule has 1 aliphatic carbocycles. The Bertz CT molecular complexity index is 616. The van der Waals surface area contributed by atoms with Gasteiger partial charge in [-0.1, -0.05) is 52.5 Å². The van der Waals surface area contributed by atoms with Crippen LogP contribution >= 0.6 is 39.1 Å². The molecule has 0 saturated heterocycles. The Morgan fingerprint density at radius 1 is 1.19 bits per heavy atom. The number of hydrogen-bond donors (Lipinski definition) is 0. The van der Waals surface area contributed by atoms with Crippen LogP contribution in [0.1, 0.15) is 48.4 Å². The molecule has 21 heavy (non-hydrogen) atoms. The van der Waals surface area contributed by atoms with E-state index < -0.39 is 0 Å². The molecule has 1 aromatic heterocycles. The van der Waals surface area contributed by atoms with Gasteiger partial charge in [0.1, 0.15) is 5.15 Å². The third-order valence-corrected chi connectivity index (χ3v) is 5.35. The zero-order valence-corrected chi connectivity index (χ0v) is 14.8. The lowest BCUT2D eigenvalue weighted by Crippen LogP contribution is -2.03. The summed E-state index contributed by atoms with van der Waals surface area (Å²) in [6.07, 6.45) is 4.97. The molecule has 1 aliphatic rings. The van der Waals surface area contributed by atoms with Crippen molar-refractivity contribution in [2.75, 3.05) is 0 Å². The minimum atomic E-state index is 0.436. The van der Waals surface area contributed by atoms with Gasteiger partial charge in [0.25, 0.3) is 0 Å². The van der Waals surface area contributed by atoms with E-state index in [0.717, 1.165) is 15.7 Å². The monoisotopic (exact) mass is 386 g/mol. The van der Waals surface area contributed by atoms with Crippen LogP contribution in [0.25, 0.3) is 0 Å². The van der Waals surface area contributed by atoms with Crippen molar-refractivity contribution in [1.82, 2.24) is 9.78 Å². The second kappa shape index (κ2) is 6.72. The van der Waals surface area contributed by atoms with Crippen molar-refractivity contribution in [2.24, 2.45) is 0 Å². The van der Waals surface area contributed by atoms with Gasteiger partial charge in [0, 0.05) is 16.0 Å². The molecule has 1 aromatic carbocycles.